The lowest BCUT2D eigenvalue weighted by atomic mass is 9.91. The van der Waals surface area contributed by atoms with Gasteiger partial charge in [-0.1, -0.05) is 0 Å². The molecule has 0 radical (unpaired) electrons. The molecule has 3 fully saturated rings. The van der Waals surface area contributed by atoms with E-state index in [0.29, 0.717) is 25.7 Å². The molecule has 3 aliphatic heterocycles. The van der Waals surface area contributed by atoms with Gasteiger partial charge >= 0.3 is 0 Å². The van der Waals surface area contributed by atoms with Gasteiger partial charge in [0.15, 0.2) is 5.82 Å². The van der Waals surface area contributed by atoms with Gasteiger partial charge in [0.2, 0.25) is 5.91 Å². The van der Waals surface area contributed by atoms with Crippen LogP contribution in [0.5, 0.6) is 0 Å². The summed E-state index contributed by atoms with van der Waals surface area (Å²) in [6.45, 7) is 4.70. The van der Waals surface area contributed by atoms with Crippen LogP contribution in [0, 0.1) is 18.8 Å². The van der Waals surface area contributed by atoms with Crippen molar-refractivity contribution in [1.29, 1.82) is 0 Å². The van der Waals surface area contributed by atoms with Crippen molar-refractivity contribution in [1.82, 2.24) is 20.1 Å². The average molecular weight is 306 g/mol. The molecule has 1 aromatic rings. The van der Waals surface area contributed by atoms with E-state index in [1.807, 2.05) is 11.8 Å². The Morgan fingerprint density at radius 1 is 1.41 bits per heavy atom. The van der Waals surface area contributed by atoms with E-state index in [4.69, 9.17) is 9.47 Å². The van der Waals surface area contributed by atoms with Crippen molar-refractivity contribution in [3.8, 4) is 0 Å². The molecule has 120 valence electrons. The molecule has 0 saturated carbocycles. The second kappa shape index (κ2) is 5.62. The Morgan fingerprint density at radius 2 is 2.32 bits per heavy atom. The molecule has 22 heavy (non-hydrogen) atoms. The van der Waals surface area contributed by atoms with E-state index >= 15 is 0 Å². The third-order valence-corrected chi connectivity index (χ3v) is 5.04. The van der Waals surface area contributed by atoms with Crippen LogP contribution < -0.4 is 0 Å². The van der Waals surface area contributed by atoms with Gasteiger partial charge in [0.25, 0.3) is 0 Å². The fraction of sp³-hybridized carbons (Fsp3) is 0.800. The highest BCUT2D eigenvalue weighted by molar-refractivity contribution is 5.79. The van der Waals surface area contributed by atoms with Crippen molar-refractivity contribution in [3.63, 3.8) is 0 Å². The predicted molar refractivity (Wildman–Crippen MR) is 77.0 cm³/mol. The van der Waals surface area contributed by atoms with Crippen molar-refractivity contribution >= 4 is 5.91 Å². The summed E-state index contributed by atoms with van der Waals surface area (Å²) in [6, 6.07) is 0. The summed E-state index contributed by atoms with van der Waals surface area (Å²) in [7, 11) is 0. The fourth-order valence-corrected chi connectivity index (χ4v) is 3.79. The summed E-state index contributed by atoms with van der Waals surface area (Å²) in [5.74, 6) is 2.34. The van der Waals surface area contributed by atoms with Crippen molar-refractivity contribution < 1.29 is 14.3 Å². The third-order valence-electron chi connectivity index (χ3n) is 5.04. The molecule has 3 aliphatic rings. The Morgan fingerprint density at radius 3 is 3.05 bits per heavy atom. The number of fused-ring (bicyclic) bond motifs is 1. The fourth-order valence-electron chi connectivity index (χ4n) is 3.79. The molecule has 0 bridgehead atoms. The highest BCUT2D eigenvalue weighted by atomic mass is 16.5. The molecule has 0 aliphatic carbocycles. The van der Waals surface area contributed by atoms with Crippen LogP contribution in [0.25, 0.3) is 0 Å². The number of aromatic amines is 1. The number of carbonyl (C=O) groups excluding carboxylic acids is 1. The van der Waals surface area contributed by atoms with Gasteiger partial charge in [-0.2, -0.15) is 5.10 Å². The highest BCUT2D eigenvalue weighted by Gasteiger charge is 2.43. The van der Waals surface area contributed by atoms with Crippen LogP contribution in [0.3, 0.4) is 0 Å². The maximum atomic E-state index is 12.5. The molecular formula is C15H22N4O3. The van der Waals surface area contributed by atoms with Crippen LogP contribution >= 0.6 is 0 Å². The maximum absolute atomic E-state index is 12.5. The van der Waals surface area contributed by atoms with Crippen molar-refractivity contribution in [2.75, 3.05) is 26.3 Å². The lowest BCUT2D eigenvalue weighted by Crippen LogP contribution is -2.47. The first-order chi connectivity index (χ1) is 10.7. The zero-order valence-corrected chi connectivity index (χ0v) is 12.8. The number of ether oxygens (including phenoxy) is 2. The monoisotopic (exact) mass is 306 g/mol. The number of carbonyl (C=O) groups is 1. The summed E-state index contributed by atoms with van der Waals surface area (Å²) in [4.78, 5) is 18.8. The number of hydrogen-bond donors (Lipinski definition) is 1. The number of aromatic nitrogens is 3. The van der Waals surface area contributed by atoms with Crippen LogP contribution in [-0.4, -0.2) is 58.4 Å². The molecule has 1 N–H and O–H groups in total. The Labute approximate surface area is 129 Å². The molecule has 1 aromatic heterocycles. The predicted octanol–water partition coefficient (Wildman–Crippen LogP) is 0.828. The summed E-state index contributed by atoms with van der Waals surface area (Å²) < 4.78 is 11.5. The van der Waals surface area contributed by atoms with Crippen molar-refractivity contribution in [3.05, 3.63) is 11.6 Å². The molecule has 2 unspecified atom stereocenters. The zero-order valence-electron chi connectivity index (χ0n) is 12.8. The van der Waals surface area contributed by atoms with Gasteiger partial charge in [0.05, 0.1) is 18.6 Å². The standard InChI is InChI=1S/C15H22N4O3/c1-9-16-14(18-17-9)12-6-10-2-4-19(7-13(10)22-12)15(20)11-3-5-21-8-11/h10-13H,2-8H2,1H3,(H,16,17,18)/t10?,11?,12-,13-/m1/s1. The topological polar surface area (TPSA) is 80.3 Å². The van der Waals surface area contributed by atoms with E-state index in [1.165, 1.54) is 0 Å². The first kappa shape index (κ1) is 14.1. The normalized spacial score (nSPS) is 34.9. The molecule has 4 heterocycles. The molecule has 4 atom stereocenters. The SMILES string of the molecule is Cc1nc([C@H]2CC3CCN(C(=O)C4CCOC4)C[C@H]3O2)n[nH]1. The van der Waals surface area contributed by atoms with Gasteiger partial charge in [-0.15, -0.1) is 0 Å². The number of rotatable bonds is 2. The molecule has 3 saturated heterocycles. The molecule has 0 spiro atoms. The van der Waals surface area contributed by atoms with Gasteiger partial charge in [0, 0.05) is 19.7 Å². The Kier molecular flexibility index (Phi) is 3.62. The Bertz CT molecular complexity index is 555. The highest BCUT2D eigenvalue weighted by Crippen LogP contribution is 2.40. The van der Waals surface area contributed by atoms with Crippen LogP contribution in [-0.2, 0) is 14.3 Å². The number of H-pyrrole nitrogens is 1. The Hall–Kier alpha value is -1.47. The minimum atomic E-state index is -0.0372. The number of piperidine rings is 1. The number of nitrogens with one attached hydrogen (secondary N) is 1. The minimum absolute atomic E-state index is 0.0372. The molecular weight excluding hydrogens is 284 g/mol. The first-order valence-corrected chi connectivity index (χ1v) is 8.11. The number of hydrogen-bond acceptors (Lipinski definition) is 5. The van der Waals surface area contributed by atoms with Gasteiger partial charge in [-0.25, -0.2) is 4.98 Å². The molecule has 0 aromatic carbocycles. The third kappa shape index (κ3) is 2.52. The summed E-state index contributed by atoms with van der Waals surface area (Å²) in [6.07, 6.45) is 2.89. The summed E-state index contributed by atoms with van der Waals surface area (Å²) >= 11 is 0. The van der Waals surface area contributed by atoms with Crippen LogP contribution in [0.1, 0.15) is 37.0 Å². The van der Waals surface area contributed by atoms with Crippen LogP contribution in [0.2, 0.25) is 0 Å². The lowest BCUT2D eigenvalue weighted by Gasteiger charge is -2.35. The second-order valence-corrected chi connectivity index (χ2v) is 6.57. The van der Waals surface area contributed by atoms with Gasteiger partial charge in [0.1, 0.15) is 11.9 Å². The largest absolute Gasteiger partial charge is 0.381 e. The number of nitrogens with zero attached hydrogens (tertiary/aromatic N) is 3. The molecule has 7 nitrogen and oxygen atoms in total. The second-order valence-electron chi connectivity index (χ2n) is 6.57. The van der Waals surface area contributed by atoms with Gasteiger partial charge in [-0.3, -0.25) is 9.89 Å². The van der Waals surface area contributed by atoms with Crippen LogP contribution in [0.15, 0.2) is 0 Å². The van der Waals surface area contributed by atoms with Gasteiger partial charge in [-0.05, 0) is 32.1 Å². The summed E-state index contributed by atoms with van der Waals surface area (Å²) in [5.41, 5.74) is 0. The van der Waals surface area contributed by atoms with E-state index in [1.54, 1.807) is 0 Å². The van der Waals surface area contributed by atoms with Crippen molar-refractivity contribution in [2.45, 2.75) is 38.4 Å². The summed E-state index contributed by atoms with van der Waals surface area (Å²) in [5, 5.41) is 7.09. The first-order valence-electron chi connectivity index (χ1n) is 8.11. The smallest absolute Gasteiger partial charge is 0.228 e. The number of likely N-dealkylation sites (tertiary alicyclic amines) is 1. The number of amides is 1. The Balaban J connectivity index is 1.40. The van der Waals surface area contributed by atoms with Gasteiger partial charge < -0.3 is 14.4 Å². The molecule has 1 amide bonds. The maximum Gasteiger partial charge on any atom is 0.228 e. The van der Waals surface area contributed by atoms with E-state index in [0.717, 1.165) is 37.5 Å². The number of aryl methyl sites for hydroxylation is 1. The van der Waals surface area contributed by atoms with E-state index in [2.05, 4.69) is 15.2 Å². The molecule has 4 rings (SSSR count). The van der Waals surface area contributed by atoms with E-state index < -0.39 is 0 Å². The minimum Gasteiger partial charge on any atom is -0.381 e. The van der Waals surface area contributed by atoms with E-state index in [-0.39, 0.29) is 24.0 Å². The van der Waals surface area contributed by atoms with Crippen molar-refractivity contribution in [2.24, 2.45) is 11.8 Å². The average Bonchev–Trinajstić information content (AvgIpc) is 3.25. The zero-order chi connectivity index (χ0) is 15.1. The van der Waals surface area contributed by atoms with E-state index in [9.17, 15) is 4.79 Å². The lowest BCUT2D eigenvalue weighted by molar-refractivity contribution is -0.140. The quantitative estimate of drug-likeness (QED) is 0.875. The molecule has 7 heteroatoms. The van der Waals surface area contributed by atoms with Crippen LogP contribution in [0.4, 0.5) is 0 Å².